The van der Waals surface area contributed by atoms with Gasteiger partial charge in [0.2, 0.25) is 5.91 Å². The Morgan fingerprint density at radius 2 is 1.85 bits per heavy atom. The van der Waals surface area contributed by atoms with E-state index in [2.05, 4.69) is 21.4 Å². The van der Waals surface area contributed by atoms with Crippen molar-refractivity contribution in [3.63, 3.8) is 0 Å². The van der Waals surface area contributed by atoms with E-state index in [0.29, 0.717) is 13.0 Å². The van der Waals surface area contributed by atoms with Crippen molar-refractivity contribution >= 4 is 38.5 Å². The number of hydrogen-bond acceptors (Lipinski definition) is 4. The Labute approximate surface area is 155 Å². The molecular formula is C20H20N4OS. The Bertz CT molecular complexity index is 1030. The first-order valence-corrected chi connectivity index (χ1v) is 9.54. The molecule has 0 radical (unpaired) electrons. The first kappa shape index (κ1) is 16.7. The van der Waals surface area contributed by atoms with Crippen molar-refractivity contribution in [2.75, 3.05) is 0 Å². The third-order valence-corrected chi connectivity index (χ3v) is 5.55. The van der Waals surface area contributed by atoms with Gasteiger partial charge in [-0.15, -0.1) is 11.3 Å². The number of aryl methyl sites for hydroxylation is 2. The molecule has 0 spiro atoms. The van der Waals surface area contributed by atoms with Gasteiger partial charge in [-0.05, 0) is 37.1 Å². The predicted molar refractivity (Wildman–Crippen MR) is 105 cm³/mol. The first-order chi connectivity index (χ1) is 12.7. The molecule has 0 saturated heterocycles. The van der Waals surface area contributed by atoms with E-state index in [1.54, 1.807) is 11.3 Å². The molecule has 0 bridgehead atoms. The van der Waals surface area contributed by atoms with Crippen molar-refractivity contribution < 1.29 is 4.79 Å². The Hall–Kier alpha value is -2.73. The number of para-hydroxylation sites is 3. The van der Waals surface area contributed by atoms with Gasteiger partial charge in [0.15, 0.2) is 0 Å². The molecule has 6 heteroatoms. The monoisotopic (exact) mass is 364 g/mol. The molecule has 2 aromatic heterocycles. The number of benzene rings is 2. The normalized spacial score (nSPS) is 11.3. The Kier molecular flexibility index (Phi) is 4.67. The summed E-state index contributed by atoms with van der Waals surface area (Å²) in [5, 5.41) is 4.07. The maximum Gasteiger partial charge on any atom is 0.220 e. The van der Waals surface area contributed by atoms with Crippen molar-refractivity contribution in [3.05, 3.63) is 59.4 Å². The molecule has 0 fully saturated rings. The molecule has 2 aromatic carbocycles. The SMILES string of the molecule is Cn1c(CNC(=O)CCCc2nc3ccccc3s2)nc2ccccc21. The van der Waals surface area contributed by atoms with Crippen molar-refractivity contribution in [3.8, 4) is 0 Å². The van der Waals surface area contributed by atoms with E-state index in [0.717, 1.165) is 40.2 Å². The van der Waals surface area contributed by atoms with Gasteiger partial charge in [0.1, 0.15) is 5.82 Å². The zero-order valence-corrected chi connectivity index (χ0v) is 15.4. The lowest BCUT2D eigenvalue weighted by Crippen LogP contribution is -2.24. The third-order valence-electron chi connectivity index (χ3n) is 4.46. The van der Waals surface area contributed by atoms with Crippen LogP contribution in [0.3, 0.4) is 0 Å². The van der Waals surface area contributed by atoms with Crippen LogP contribution in [0.4, 0.5) is 0 Å². The number of hydrogen-bond donors (Lipinski definition) is 1. The van der Waals surface area contributed by atoms with Crippen LogP contribution in [0.1, 0.15) is 23.7 Å². The van der Waals surface area contributed by atoms with Gasteiger partial charge in [0, 0.05) is 13.5 Å². The number of thiazole rings is 1. The second-order valence-electron chi connectivity index (χ2n) is 6.28. The summed E-state index contributed by atoms with van der Waals surface area (Å²) in [7, 11) is 1.98. The molecule has 0 atom stereocenters. The van der Waals surface area contributed by atoms with Gasteiger partial charge < -0.3 is 9.88 Å². The smallest absolute Gasteiger partial charge is 0.220 e. The van der Waals surface area contributed by atoms with Crippen LogP contribution in [0.25, 0.3) is 21.3 Å². The number of aromatic nitrogens is 3. The summed E-state index contributed by atoms with van der Waals surface area (Å²) in [4.78, 5) is 21.3. The lowest BCUT2D eigenvalue weighted by molar-refractivity contribution is -0.121. The Balaban J connectivity index is 1.29. The Morgan fingerprint density at radius 1 is 1.08 bits per heavy atom. The van der Waals surface area contributed by atoms with Crippen LogP contribution in [0, 0.1) is 0 Å². The molecule has 26 heavy (non-hydrogen) atoms. The van der Waals surface area contributed by atoms with Crippen molar-refractivity contribution in [1.82, 2.24) is 19.9 Å². The molecule has 0 aliphatic rings. The van der Waals surface area contributed by atoms with Crippen LogP contribution in [0.15, 0.2) is 48.5 Å². The quantitative estimate of drug-likeness (QED) is 0.566. The van der Waals surface area contributed by atoms with Gasteiger partial charge in [0.05, 0.1) is 32.8 Å². The molecule has 0 saturated carbocycles. The van der Waals surface area contributed by atoms with E-state index in [-0.39, 0.29) is 5.91 Å². The van der Waals surface area contributed by atoms with Crippen LogP contribution in [-0.2, 0) is 24.8 Å². The fourth-order valence-electron chi connectivity index (χ4n) is 3.05. The topological polar surface area (TPSA) is 59.8 Å². The van der Waals surface area contributed by atoms with Crippen molar-refractivity contribution in [2.24, 2.45) is 7.05 Å². The molecule has 0 aliphatic carbocycles. The molecule has 2 heterocycles. The summed E-state index contributed by atoms with van der Waals surface area (Å²) in [6, 6.07) is 16.1. The lowest BCUT2D eigenvalue weighted by atomic mass is 10.2. The van der Waals surface area contributed by atoms with E-state index in [9.17, 15) is 4.79 Å². The number of carbonyl (C=O) groups excluding carboxylic acids is 1. The highest BCUT2D eigenvalue weighted by Gasteiger charge is 2.09. The third kappa shape index (κ3) is 3.46. The zero-order valence-electron chi connectivity index (χ0n) is 14.6. The van der Waals surface area contributed by atoms with E-state index >= 15 is 0 Å². The zero-order chi connectivity index (χ0) is 17.9. The largest absolute Gasteiger partial charge is 0.349 e. The summed E-state index contributed by atoms with van der Waals surface area (Å²) < 4.78 is 3.23. The second-order valence-corrected chi connectivity index (χ2v) is 7.40. The maximum atomic E-state index is 12.1. The van der Waals surface area contributed by atoms with Gasteiger partial charge in [0.25, 0.3) is 0 Å². The highest BCUT2D eigenvalue weighted by atomic mass is 32.1. The minimum Gasteiger partial charge on any atom is -0.349 e. The summed E-state index contributed by atoms with van der Waals surface area (Å²) in [5.41, 5.74) is 3.07. The van der Waals surface area contributed by atoms with Gasteiger partial charge in [-0.1, -0.05) is 24.3 Å². The first-order valence-electron chi connectivity index (χ1n) is 8.72. The van der Waals surface area contributed by atoms with Crippen LogP contribution in [-0.4, -0.2) is 20.4 Å². The van der Waals surface area contributed by atoms with Crippen molar-refractivity contribution in [2.45, 2.75) is 25.8 Å². The Morgan fingerprint density at radius 3 is 2.65 bits per heavy atom. The molecule has 132 valence electrons. The predicted octanol–water partition coefficient (Wildman–Crippen LogP) is 3.82. The van der Waals surface area contributed by atoms with Gasteiger partial charge in [-0.2, -0.15) is 0 Å². The molecular weight excluding hydrogens is 344 g/mol. The fourth-order valence-corrected chi connectivity index (χ4v) is 4.06. The van der Waals surface area contributed by atoms with Gasteiger partial charge in [-0.25, -0.2) is 9.97 Å². The molecule has 1 amide bonds. The lowest BCUT2D eigenvalue weighted by Gasteiger charge is -2.05. The summed E-state index contributed by atoms with van der Waals surface area (Å²) >= 11 is 1.71. The van der Waals surface area contributed by atoms with Gasteiger partial charge in [-0.3, -0.25) is 4.79 Å². The number of nitrogens with one attached hydrogen (secondary N) is 1. The van der Waals surface area contributed by atoms with E-state index in [1.807, 2.05) is 54.1 Å². The maximum absolute atomic E-state index is 12.1. The number of amides is 1. The molecule has 0 aliphatic heterocycles. The molecule has 0 unspecified atom stereocenters. The minimum atomic E-state index is 0.0539. The molecule has 4 aromatic rings. The van der Waals surface area contributed by atoms with Gasteiger partial charge >= 0.3 is 0 Å². The van der Waals surface area contributed by atoms with Crippen LogP contribution >= 0.6 is 11.3 Å². The minimum absolute atomic E-state index is 0.0539. The molecule has 5 nitrogen and oxygen atoms in total. The van der Waals surface area contributed by atoms with Crippen LogP contribution < -0.4 is 5.32 Å². The summed E-state index contributed by atoms with van der Waals surface area (Å²) in [6.07, 6.45) is 2.13. The van der Waals surface area contributed by atoms with Crippen LogP contribution in [0.2, 0.25) is 0 Å². The number of rotatable bonds is 6. The number of nitrogens with zero attached hydrogens (tertiary/aromatic N) is 3. The number of imidazole rings is 1. The van der Waals surface area contributed by atoms with E-state index in [1.165, 1.54) is 4.70 Å². The fraction of sp³-hybridized carbons (Fsp3) is 0.250. The summed E-state index contributed by atoms with van der Waals surface area (Å²) in [6.45, 7) is 0.450. The number of fused-ring (bicyclic) bond motifs is 2. The average molecular weight is 364 g/mol. The standard InChI is InChI=1S/C20H20N4OS/c1-24-16-9-4-2-7-14(16)22-18(24)13-21-19(25)11-6-12-20-23-15-8-3-5-10-17(15)26-20/h2-5,7-10H,6,11-13H2,1H3,(H,21,25). The summed E-state index contributed by atoms with van der Waals surface area (Å²) in [5.74, 6) is 0.920. The highest BCUT2D eigenvalue weighted by Crippen LogP contribution is 2.22. The van der Waals surface area contributed by atoms with Crippen molar-refractivity contribution in [1.29, 1.82) is 0 Å². The number of carbonyl (C=O) groups is 1. The average Bonchev–Trinajstić information content (AvgIpc) is 3.21. The molecule has 1 N–H and O–H groups in total. The second kappa shape index (κ2) is 7.25. The van der Waals surface area contributed by atoms with E-state index in [4.69, 9.17) is 0 Å². The molecule has 4 rings (SSSR count). The van der Waals surface area contributed by atoms with E-state index < -0.39 is 0 Å². The van der Waals surface area contributed by atoms with Crippen LogP contribution in [0.5, 0.6) is 0 Å². The highest BCUT2D eigenvalue weighted by molar-refractivity contribution is 7.18.